The first-order valence-electron chi connectivity index (χ1n) is 11.1. The molecule has 168 valence electrons. The molecule has 1 aliphatic carbocycles. The number of fused-ring (bicyclic) bond motifs is 1. The van der Waals surface area contributed by atoms with Crippen LogP contribution in [-0.4, -0.2) is 71.1 Å². The first-order valence-corrected chi connectivity index (χ1v) is 11.1. The molecule has 3 heterocycles. The van der Waals surface area contributed by atoms with Crippen LogP contribution in [0.2, 0.25) is 0 Å². The summed E-state index contributed by atoms with van der Waals surface area (Å²) in [6.07, 6.45) is 3.82. The lowest BCUT2D eigenvalue weighted by Crippen LogP contribution is -2.51. The molecule has 0 atom stereocenters. The van der Waals surface area contributed by atoms with Gasteiger partial charge < -0.3 is 19.3 Å². The summed E-state index contributed by atoms with van der Waals surface area (Å²) >= 11 is 0. The molecule has 0 N–H and O–H groups in total. The summed E-state index contributed by atoms with van der Waals surface area (Å²) in [6.45, 7) is 7.29. The summed E-state index contributed by atoms with van der Waals surface area (Å²) in [5.74, 6) is -0.227. The van der Waals surface area contributed by atoms with Crippen LogP contribution < -0.4 is 0 Å². The molecule has 1 aromatic heterocycles. The molecule has 31 heavy (non-hydrogen) atoms. The van der Waals surface area contributed by atoms with E-state index in [0.29, 0.717) is 55.9 Å². The first-order chi connectivity index (χ1) is 14.7. The highest BCUT2D eigenvalue weighted by Crippen LogP contribution is 2.42. The summed E-state index contributed by atoms with van der Waals surface area (Å²) in [4.78, 5) is 46.3. The Balaban J connectivity index is 1.47. The van der Waals surface area contributed by atoms with Gasteiger partial charge in [-0.05, 0) is 52.5 Å². The van der Waals surface area contributed by atoms with Crippen molar-refractivity contribution in [2.45, 2.75) is 70.4 Å². The Bertz CT molecular complexity index is 895. The van der Waals surface area contributed by atoms with Crippen LogP contribution in [0.1, 0.15) is 84.5 Å². The van der Waals surface area contributed by atoms with Gasteiger partial charge in [0.2, 0.25) is 0 Å². The van der Waals surface area contributed by atoms with Crippen molar-refractivity contribution in [1.82, 2.24) is 14.8 Å². The average Bonchev–Trinajstić information content (AvgIpc) is 3.57. The van der Waals surface area contributed by atoms with Crippen molar-refractivity contribution in [2.75, 3.05) is 26.7 Å². The summed E-state index contributed by atoms with van der Waals surface area (Å²) < 4.78 is 10.4. The fourth-order valence-electron chi connectivity index (χ4n) is 4.40. The Hall–Kier alpha value is -2.64. The molecule has 1 aromatic rings. The second-order valence-corrected chi connectivity index (χ2v) is 9.63. The van der Waals surface area contributed by atoms with Crippen LogP contribution in [0.25, 0.3) is 0 Å². The zero-order chi connectivity index (χ0) is 22.3. The van der Waals surface area contributed by atoms with Crippen LogP contribution in [0.3, 0.4) is 0 Å². The largest absolute Gasteiger partial charge is 0.465 e. The van der Waals surface area contributed by atoms with Crippen LogP contribution in [0.5, 0.6) is 0 Å². The van der Waals surface area contributed by atoms with Gasteiger partial charge in [-0.15, -0.1) is 0 Å². The van der Waals surface area contributed by atoms with E-state index in [2.05, 4.69) is 0 Å². The minimum Gasteiger partial charge on any atom is -0.465 e. The van der Waals surface area contributed by atoms with Crippen molar-refractivity contribution in [3.05, 3.63) is 28.6 Å². The Morgan fingerprint density at radius 1 is 1.10 bits per heavy atom. The number of likely N-dealkylation sites (tertiary alicyclic amines) is 1. The summed E-state index contributed by atoms with van der Waals surface area (Å²) in [5, 5.41) is 0. The van der Waals surface area contributed by atoms with Crippen LogP contribution >= 0.6 is 0 Å². The van der Waals surface area contributed by atoms with E-state index in [9.17, 15) is 14.4 Å². The molecule has 0 spiro atoms. The highest BCUT2D eigenvalue weighted by atomic mass is 16.6. The molecule has 0 unspecified atom stereocenters. The van der Waals surface area contributed by atoms with E-state index in [1.807, 2.05) is 25.7 Å². The molecular weight excluding hydrogens is 398 g/mol. The Morgan fingerprint density at radius 2 is 1.77 bits per heavy atom. The number of carbonyl (C=O) groups excluding carboxylic acids is 3. The molecule has 1 saturated heterocycles. The lowest BCUT2D eigenvalue weighted by molar-refractivity contribution is 0.0144. The van der Waals surface area contributed by atoms with Gasteiger partial charge in [0.15, 0.2) is 0 Å². The standard InChI is InChI=1S/C23H31N3O5/c1-23(2,3)31-22(29)25-10-7-15(8-11-25)26-12-9-18-16(20(26)27)13-17(21(28)30-4)19(24-18)14-5-6-14/h13-15H,5-12H2,1-4H3. The molecule has 1 saturated carbocycles. The second kappa shape index (κ2) is 8.13. The van der Waals surface area contributed by atoms with Gasteiger partial charge >= 0.3 is 12.1 Å². The third kappa shape index (κ3) is 4.52. The Morgan fingerprint density at radius 3 is 2.35 bits per heavy atom. The van der Waals surface area contributed by atoms with E-state index < -0.39 is 11.6 Å². The third-order valence-corrected chi connectivity index (χ3v) is 6.14. The van der Waals surface area contributed by atoms with E-state index in [1.54, 1.807) is 11.0 Å². The monoisotopic (exact) mass is 429 g/mol. The van der Waals surface area contributed by atoms with Crippen LogP contribution in [-0.2, 0) is 15.9 Å². The summed E-state index contributed by atoms with van der Waals surface area (Å²) in [6, 6.07) is 1.75. The number of hydrogen-bond acceptors (Lipinski definition) is 6. The number of pyridine rings is 1. The number of piperidine rings is 1. The second-order valence-electron chi connectivity index (χ2n) is 9.63. The lowest BCUT2D eigenvalue weighted by atomic mass is 9.95. The van der Waals surface area contributed by atoms with Gasteiger partial charge in [0.05, 0.1) is 29.6 Å². The Labute approximate surface area is 182 Å². The number of amides is 2. The topological polar surface area (TPSA) is 89.0 Å². The number of hydrogen-bond donors (Lipinski definition) is 0. The lowest BCUT2D eigenvalue weighted by Gasteiger charge is -2.40. The van der Waals surface area contributed by atoms with Gasteiger partial charge in [-0.3, -0.25) is 9.78 Å². The number of esters is 1. The molecule has 0 aromatic carbocycles. The normalized spacial score (nSPS) is 19.8. The fraction of sp³-hybridized carbons (Fsp3) is 0.652. The molecular formula is C23H31N3O5. The van der Waals surface area contributed by atoms with Gasteiger partial charge in [0, 0.05) is 38.0 Å². The molecule has 8 nitrogen and oxygen atoms in total. The molecule has 8 heteroatoms. The highest BCUT2D eigenvalue weighted by Gasteiger charge is 2.37. The van der Waals surface area contributed by atoms with E-state index in [4.69, 9.17) is 14.5 Å². The van der Waals surface area contributed by atoms with Gasteiger partial charge in [-0.2, -0.15) is 0 Å². The van der Waals surface area contributed by atoms with Gasteiger partial charge in [0.25, 0.3) is 5.91 Å². The fourth-order valence-corrected chi connectivity index (χ4v) is 4.40. The number of ether oxygens (including phenoxy) is 2. The number of rotatable bonds is 3. The van der Waals surface area contributed by atoms with Gasteiger partial charge in [0.1, 0.15) is 5.60 Å². The quantitative estimate of drug-likeness (QED) is 0.686. The predicted molar refractivity (Wildman–Crippen MR) is 113 cm³/mol. The molecule has 2 fully saturated rings. The van der Waals surface area contributed by atoms with Gasteiger partial charge in [-0.25, -0.2) is 9.59 Å². The molecule has 0 radical (unpaired) electrons. The predicted octanol–water partition coefficient (Wildman–Crippen LogP) is 3.14. The average molecular weight is 430 g/mol. The molecule has 2 aliphatic heterocycles. The number of nitrogens with zero attached hydrogens (tertiary/aromatic N) is 3. The minimum atomic E-state index is -0.524. The van der Waals surface area contributed by atoms with Gasteiger partial charge in [-0.1, -0.05) is 0 Å². The van der Waals surface area contributed by atoms with Crippen LogP contribution in [0.15, 0.2) is 6.07 Å². The van der Waals surface area contributed by atoms with E-state index in [-0.39, 0.29) is 18.0 Å². The maximum absolute atomic E-state index is 13.3. The third-order valence-electron chi connectivity index (χ3n) is 6.14. The summed E-state index contributed by atoms with van der Waals surface area (Å²) in [7, 11) is 1.35. The van der Waals surface area contributed by atoms with Crippen molar-refractivity contribution >= 4 is 18.0 Å². The van der Waals surface area contributed by atoms with Crippen molar-refractivity contribution < 1.29 is 23.9 Å². The number of carbonyl (C=O) groups is 3. The molecule has 4 rings (SSSR count). The molecule has 0 bridgehead atoms. The van der Waals surface area contributed by atoms with E-state index in [0.717, 1.165) is 24.2 Å². The van der Waals surface area contributed by atoms with E-state index in [1.165, 1.54) is 7.11 Å². The first kappa shape index (κ1) is 21.6. The van der Waals surface area contributed by atoms with Crippen LogP contribution in [0.4, 0.5) is 4.79 Å². The van der Waals surface area contributed by atoms with E-state index >= 15 is 0 Å². The SMILES string of the molecule is COC(=O)c1cc2c(nc1C1CC1)CCN(C1CCN(C(=O)OC(C)(C)C)CC1)C2=O. The van der Waals surface area contributed by atoms with Crippen LogP contribution in [0, 0.1) is 0 Å². The zero-order valence-corrected chi connectivity index (χ0v) is 18.8. The number of aromatic nitrogens is 1. The van der Waals surface area contributed by atoms with Crippen molar-refractivity contribution in [2.24, 2.45) is 0 Å². The molecule has 3 aliphatic rings. The van der Waals surface area contributed by atoms with Crippen molar-refractivity contribution in [3.63, 3.8) is 0 Å². The summed E-state index contributed by atoms with van der Waals surface area (Å²) in [5.41, 5.74) is 1.95. The van der Waals surface area contributed by atoms with Crippen molar-refractivity contribution in [1.29, 1.82) is 0 Å². The highest BCUT2D eigenvalue weighted by molar-refractivity contribution is 6.00. The van der Waals surface area contributed by atoms with Crippen molar-refractivity contribution in [3.8, 4) is 0 Å². The Kier molecular flexibility index (Phi) is 5.66. The number of methoxy groups -OCH3 is 1. The maximum Gasteiger partial charge on any atom is 0.410 e. The zero-order valence-electron chi connectivity index (χ0n) is 18.8. The minimum absolute atomic E-state index is 0.0593. The molecule has 2 amide bonds. The maximum atomic E-state index is 13.3. The smallest absolute Gasteiger partial charge is 0.410 e.